The highest BCUT2D eigenvalue weighted by molar-refractivity contribution is 7.19. The van der Waals surface area contributed by atoms with E-state index in [0.29, 0.717) is 6.54 Å². The molecule has 24 heavy (non-hydrogen) atoms. The first-order valence-electron chi connectivity index (χ1n) is 7.84. The molecule has 0 spiro atoms. The quantitative estimate of drug-likeness (QED) is 0.648. The third-order valence-corrected chi connectivity index (χ3v) is 5.11. The van der Waals surface area contributed by atoms with Gasteiger partial charge in [-0.25, -0.2) is 9.37 Å². The Balaban J connectivity index is 1.58. The third kappa shape index (κ3) is 2.83. The van der Waals surface area contributed by atoms with E-state index in [1.54, 1.807) is 34.5 Å². The molecule has 3 aromatic rings. The van der Waals surface area contributed by atoms with E-state index in [2.05, 4.69) is 4.98 Å². The van der Waals surface area contributed by atoms with Crippen LogP contribution in [0.15, 0.2) is 48.5 Å². The van der Waals surface area contributed by atoms with Gasteiger partial charge in [0.25, 0.3) is 5.91 Å². The fraction of sp³-hybridized carbons (Fsp3) is 0.158. The number of benzene rings is 2. The molecule has 0 atom stereocenters. The molecule has 0 fully saturated rings. The van der Waals surface area contributed by atoms with Gasteiger partial charge in [0, 0.05) is 18.3 Å². The van der Waals surface area contributed by atoms with Crippen molar-refractivity contribution >= 4 is 39.2 Å². The highest BCUT2D eigenvalue weighted by Crippen LogP contribution is 2.28. The molecule has 0 bridgehead atoms. The van der Waals surface area contributed by atoms with Gasteiger partial charge in [-0.15, -0.1) is 11.3 Å². The number of halogens is 1. The molecule has 1 aromatic heterocycles. The van der Waals surface area contributed by atoms with Crippen molar-refractivity contribution in [2.45, 2.75) is 12.8 Å². The maximum Gasteiger partial charge on any atom is 0.251 e. The van der Waals surface area contributed by atoms with Crippen molar-refractivity contribution in [2.75, 3.05) is 11.4 Å². The zero-order valence-electron chi connectivity index (χ0n) is 12.9. The van der Waals surface area contributed by atoms with E-state index >= 15 is 0 Å². The lowest BCUT2D eigenvalue weighted by atomic mass is 10.0. The number of carbonyl (C=O) groups excluding carboxylic acids is 1. The van der Waals surface area contributed by atoms with Crippen molar-refractivity contribution in [1.29, 1.82) is 0 Å². The van der Waals surface area contributed by atoms with Gasteiger partial charge in [0.05, 0.1) is 10.2 Å². The lowest BCUT2D eigenvalue weighted by Crippen LogP contribution is -2.34. The van der Waals surface area contributed by atoms with Crippen molar-refractivity contribution < 1.29 is 9.18 Å². The minimum Gasteiger partial charge on any atom is -0.309 e. The molecular formula is C19H15FN2OS. The van der Waals surface area contributed by atoms with E-state index in [9.17, 15) is 9.18 Å². The number of carbonyl (C=O) groups is 1. The summed E-state index contributed by atoms with van der Waals surface area (Å²) in [4.78, 5) is 18.8. The average molecular weight is 338 g/mol. The molecule has 4 rings (SSSR count). The number of nitrogens with zero attached hydrogens (tertiary/aromatic N) is 2. The van der Waals surface area contributed by atoms with E-state index < -0.39 is 0 Å². The molecule has 0 unspecified atom stereocenters. The third-order valence-electron chi connectivity index (χ3n) is 4.11. The van der Waals surface area contributed by atoms with E-state index in [1.165, 1.54) is 12.1 Å². The van der Waals surface area contributed by atoms with Gasteiger partial charge >= 0.3 is 0 Å². The number of thiazole rings is 1. The van der Waals surface area contributed by atoms with Crippen LogP contribution in [-0.2, 0) is 11.2 Å². The Morgan fingerprint density at radius 2 is 2.12 bits per heavy atom. The molecule has 2 aromatic carbocycles. The van der Waals surface area contributed by atoms with Gasteiger partial charge in [-0.05, 0) is 54.8 Å². The monoisotopic (exact) mass is 338 g/mol. The highest BCUT2D eigenvalue weighted by Gasteiger charge is 2.21. The van der Waals surface area contributed by atoms with Crippen LogP contribution in [0.5, 0.6) is 0 Å². The smallest absolute Gasteiger partial charge is 0.251 e. The number of anilines is 1. The molecule has 0 saturated heterocycles. The number of hydrogen-bond acceptors (Lipinski definition) is 3. The molecule has 2 heterocycles. The summed E-state index contributed by atoms with van der Waals surface area (Å²) in [5.41, 5.74) is 2.64. The minimum atomic E-state index is -0.256. The van der Waals surface area contributed by atoms with Gasteiger partial charge < -0.3 is 4.90 Å². The van der Waals surface area contributed by atoms with E-state index in [4.69, 9.17) is 0 Å². The van der Waals surface area contributed by atoms with Crippen LogP contribution in [0.25, 0.3) is 16.3 Å². The second kappa shape index (κ2) is 6.17. The lowest BCUT2D eigenvalue weighted by molar-refractivity contribution is -0.114. The molecule has 5 heteroatoms. The summed E-state index contributed by atoms with van der Waals surface area (Å²) in [5, 5.41) is 0.806. The zero-order chi connectivity index (χ0) is 16.5. The van der Waals surface area contributed by atoms with Gasteiger partial charge in [0.2, 0.25) is 0 Å². The number of hydrogen-bond donors (Lipinski definition) is 0. The highest BCUT2D eigenvalue weighted by atomic mass is 32.1. The summed E-state index contributed by atoms with van der Waals surface area (Å²) in [7, 11) is 0. The van der Waals surface area contributed by atoms with Crippen LogP contribution in [0.1, 0.15) is 17.0 Å². The van der Waals surface area contributed by atoms with Crippen molar-refractivity contribution in [1.82, 2.24) is 4.98 Å². The predicted octanol–water partition coefficient (Wildman–Crippen LogP) is 4.43. The molecule has 120 valence electrons. The molecule has 1 amide bonds. The average Bonchev–Trinajstić information content (AvgIpc) is 3.01. The SMILES string of the molecule is O=C(/C=C/c1nc2ccccc2s1)N1CCCc2cc(F)ccc21. The fourth-order valence-corrected chi connectivity index (χ4v) is 3.86. The molecule has 0 N–H and O–H groups in total. The Bertz CT molecular complexity index is 914. The van der Waals surface area contributed by atoms with Crippen LogP contribution in [0.4, 0.5) is 10.1 Å². The topological polar surface area (TPSA) is 33.2 Å². The van der Waals surface area contributed by atoms with Crippen LogP contribution in [0, 0.1) is 5.82 Å². The van der Waals surface area contributed by atoms with Crippen LogP contribution in [-0.4, -0.2) is 17.4 Å². The molecule has 0 saturated carbocycles. The summed E-state index contributed by atoms with van der Waals surface area (Å²) in [6, 6.07) is 12.5. The van der Waals surface area contributed by atoms with Crippen molar-refractivity contribution in [3.05, 3.63) is 64.9 Å². The Morgan fingerprint density at radius 1 is 1.25 bits per heavy atom. The van der Waals surface area contributed by atoms with Gasteiger partial charge in [0.1, 0.15) is 10.8 Å². The van der Waals surface area contributed by atoms with Crippen molar-refractivity contribution in [3.63, 3.8) is 0 Å². The van der Waals surface area contributed by atoms with E-state index in [-0.39, 0.29) is 11.7 Å². The van der Waals surface area contributed by atoms with Crippen LogP contribution < -0.4 is 4.90 Å². The largest absolute Gasteiger partial charge is 0.309 e. The molecule has 1 aliphatic heterocycles. The maximum atomic E-state index is 13.4. The summed E-state index contributed by atoms with van der Waals surface area (Å²) in [6.45, 7) is 0.654. The molecule has 0 aliphatic carbocycles. The Morgan fingerprint density at radius 3 is 3.00 bits per heavy atom. The zero-order valence-corrected chi connectivity index (χ0v) is 13.7. The van der Waals surface area contributed by atoms with Gasteiger partial charge in [-0.1, -0.05) is 12.1 Å². The Labute approximate surface area is 143 Å². The molecular weight excluding hydrogens is 323 g/mol. The second-order valence-corrected chi connectivity index (χ2v) is 6.78. The maximum absolute atomic E-state index is 13.4. The number of fused-ring (bicyclic) bond motifs is 2. The summed E-state index contributed by atoms with van der Waals surface area (Å²) in [5.74, 6) is -0.352. The van der Waals surface area contributed by atoms with Gasteiger partial charge in [-0.3, -0.25) is 4.79 Å². The predicted molar refractivity (Wildman–Crippen MR) is 95.7 cm³/mol. The first-order valence-corrected chi connectivity index (χ1v) is 8.66. The van der Waals surface area contributed by atoms with Gasteiger partial charge in [-0.2, -0.15) is 0 Å². The second-order valence-electron chi connectivity index (χ2n) is 5.72. The first-order chi connectivity index (χ1) is 11.7. The minimum absolute atomic E-state index is 0.0955. The number of aromatic nitrogens is 1. The van der Waals surface area contributed by atoms with Gasteiger partial charge in [0.15, 0.2) is 0 Å². The normalized spacial score (nSPS) is 14.3. The molecule has 3 nitrogen and oxygen atoms in total. The van der Waals surface area contributed by atoms with Crippen LogP contribution in [0.2, 0.25) is 0 Å². The van der Waals surface area contributed by atoms with Crippen molar-refractivity contribution in [2.24, 2.45) is 0 Å². The Hall–Kier alpha value is -2.53. The van der Waals surface area contributed by atoms with Crippen molar-refractivity contribution in [3.8, 4) is 0 Å². The lowest BCUT2D eigenvalue weighted by Gasteiger charge is -2.28. The first kappa shape index (κ1) is 15.0. The number of aryl methyl sites for hydroxylation is 1. The number of para-hydroxylation sites is 1. The Kier molecular flexibility index (Phi) is 3.86. The number of amides is 1. The summed E-state index contributed by atoms with van der Waals surface area (Å²) < 4.78 is 14.5. The van der Waals surface area contributed by atoms with Crippen LogP contribution >= 0.6 is 11.3 Å². The van der Waals surface area contributed by atoms with E-state index in [0.717, 1.165) is 39.3 Å². The standard InChI is InChI=1S/C19H15FN2OS/c20-14-7-8-16-13(12-14)4-3-11-22(16)19(23)10-9-18-21-15-5-1-2-6-17(15)24-18/h1-2,5-10,12H,3-4,11H2/b10-9+. The summed E-state index contributed by atoms with van der Waals surface area (Å²) >= 11 is 1.56. The van der Waals surface area contributed by atoms with E-state index in [1.807, 2.05) is 24.3 Å². The molecule has 0 radical (unpaired) electrons. The summed E-state index contributed by atoms with van der Waals surface area (Å²) in [6.07, 6.45) is 4.95. The fourth-order valence-electron chi connectivity index (χ4n) is 2.99. The van der Waals surface area contributed by atoms with Crippen LogP contribution in [0.3, 0.4) is 0 Å². The number of rotatable bonds is 2. The molecule has 1 aliphatic rings.